The van der Waals surface area contributed by atoms with E-state index < -0.39 is 15.8 Å². The lowest BCUT2D eigenvalue weighted by atomic mass is 10.2. The SMILES string of the molecule is NC(=S)c1ccc(NS(=O)(=O)c2cncc(F)c2)c(Cl)c1. The molecule has 0 saturated heterocycles. The van der Waals surface area contributed by atoms with Gasteiger partial charge >= 0.3 is 0 Å². The summed E-state index contributed by atoms with van der Waals surface area (Å²) in [7, 11) is -3.99. The van der Waals surface area contributed by atoms with Gasteiger partial charge in [0.2, 0.25) is 0 Å². The van der Waals surface area contributed by atoms with Gasteiger partial charge in [0, 0.05) is 11.8 Å². The molecule has 110 valence electrons. The zero-order valence-corrected chi connectivity index (χ0v) is 12.8. The number of hydrogen-bond acceptors (Lipinski definition) is 4. The van der Waals surface area contributed by atoms with Crippen LogP contribution in [0.15, 0.2) is 41.6 Å². The highest BCUT2D eigenvalue weighted by Gasteiger charge is 2.17. The second-order valence-corrected chi connectivity index (χ2v) is 6.53. The van der Waals surface area contributed by atoms with Crippen LogP contribution in [0.4, 0.5) is 10.1 Å². The normalized spacial score (nSPS) is 11.1. The van der Waals surface area contributed by atoms with Crippen molar-refractivity contribution in [3.8, 4) is 0 Å². The zero-order valence-electron chi connectivity index (χ0n) is 10.4. The van der Waals surface area contributed by atoms with Crippen LogP contribution in [0, 0.1) is 5.82 Å². The van der Waals surface area contributed by atoms with E-state index in [1.165, 1.54) is 18.2 Å². The summed E-state index contributed by atoms with van der Waals surface area (Å²) in [5, 5.41) is 0.119. The molecule has 0 saturated carbocycles. The number of nitrogens with zero attached hydrogens (tertiary/aromatic N) is 1. The quantitative estimate of drug-likeness (QED) is 0.830. The van der Waals surface area contributed by atoms with E-state index in [-0.39, 0.29) is 20.6 Å². The third kappa shape index (κ3) is 3.66. The monoisotopic (exact) mass is 345 g/mol. The summed E-state index contributed by atoms with van der Waals surface area (Å²) in [6, 6.07) is 5.23. The fraction of sp³-hybridized carbons (Fsp3) is 0. The largest absolute Gasteiger partial charge is 0.389 e. The molecule has 5 nitrogen and oxygen atoms in total. The molecule has 0 unspecified atom stereocenters. The Morgan fingerprint density at radius 3 is 2.62 bits per heavy atom. The third-order valence-corrected chi connectivity index (χ3v) is 4.37. The van der Waals surface area contributed by atoms with E-state index in [4.69, 9.17) is 29.6 Å². The molecule has 0 spiro atoms. The molecular weight excluding hydrogens is 337 g/mol. The van der Waals surface area contributed by atoms with Gasteiger partial charge in [-0.2, -0.15) is 0 Å². The number of rotatable bonds is 4. The molecule has 0 fully saturated rings. The van der Waals surface area contributed by atoms with Crippen LogP contribution in [0.25, 0.3) is 0 Å². The van der Waals surface area contributed by atoms with Crippen molar-refractivity contribution in [3.05, 3.63) is 53.1 Å². The van der Waals surface area contributed by atoms with Crippen molar-refractivity contribution in [3.63, 3.8) is 0 Å². The summed E-state index contributed by atoms with van der Waals surface area (Å²) in [4.78, 5) is 3.32. The lowest BCUT2D eigenvalue weighted by Crippen LogP contribution is -2.14. The highest BCUT2D eigenvalue weighted by atomic mass is 35.5. The Labute approximate surface area is 131 Å². The van der Waals surface area contributed by atoms with Crippen LogP contribution >= 0.6 is 23.8 Å². The first-order valence-electron chi connectivity index (χ1n) is 5.52. The molecule has 0 aliphatic carbocycles. The molecule has 1 aromatic carbocycles. The second kappa shape index (κ2) is 5.92. The number of hydrogen-bond donors (Lipinski definition) is 2. The Kier molecular flexibility index (Phi) is 4.40. The van der Waals surface area contributed by atoms with Crippen LogP contribution in [0.5, 0.6) is 0 Å². The van der Waals surface area contributed by atoms with Gasteiger partial charge in [-0.05, 0) is 24.3 Å². The molecule has 21 heavy (non-hydrogen) atoms. The molecule has 0 bridgehead atoms. The average molecular weight is 346 g/mol. The van der Waals surface area contributed by atoms with Crippen molar-refractivity contribution in [2.45, 2.75) is 4.90 Å². The van der Waals surface area contributed by atoms with Gasteiger partial charge in [0.1, 0.15) is 15.7 Å². The first kappa shape index (κ1) is 15.6. The molecule has 1 heterocycles. The minimum absolute atomic E-state index is 0.119. The molecule has 0 amide bonds. The van der Waals surface area contributed by atoms with Gasteiger partial charge < -0.3 is 5.73 Å². The van der Waals surface area contributed by atoms with E-state index in [2.05, 4.69) is 9.71 Å². The van der Waals surface area contributed by atoms with Crippen molar-refractivity contribution in [1.82, 2.24) is 4.98 Å². The van der Waals surface area contributed by atoms with Gasteiger partial charge in [-0.25, -0.2) is 12.8 Å². The molecule has 2 aromatic rings. The van der Waals surface area contributed by atoms with E-state index in [1.807, 2.05) is 0 Å². The highest BCUT2D eigenvalue weighted by molar-refractivity contribution is 7.92. The van der Waals surface area contributed by atoms with Crippen molar-refractivity contribution < 1.29 is 12.8 Å². The summed E-state index contributed by atoms with van der Waals surface area (Å²) < 4.78 is 39.5. The average Bonchev–Trinajstić information content (AvgIpc) is 2.40. The van der Waals surface area contributed by atoms with Crippen molar-refractivity contribution in [1.29, 1.82) is 0 Å². The van der Waals surface area contributed by atoms with Gasteiger partial charge in [-0.1, -0.05) is 23.8 Å². The van der Waals surface area contributed by atoms with Crippen LogP contribution in [-0.2, 0) is 10.0 Å². The number of aromatic nitrogens is 1. The summed E-state index contributed by atoms with van der Waals surface area (Å²) in [6.45, 7) is 0. The predicted octanol–water partition coefficient (Wildman–Crippen LogP) is 2.31. The number of benzene rings is 1. The number of sulfonamides is 1. The lowest BCUT2D eigenvalue weighted by molar-refractivity contribution is 0.592. The molecule has 1 aromatic heterocycles. The second-order valence-electron chi connectivity index (χ2n) is 4.00. The van der Waals surface area contributed by atoms with Crippen LogP contribution in [-0.4, -0.2) is 18.4 Å². The molecule has 0 aliphatic rings. The topological polar surface area (TPSA) is 85.1 Å². The maximum atomic E-state index is 13.0. The zero-order chi connectivity index (χ0) is 15.6. The molecular formula is C12H9ClFN3O2S2. The van der Waals surface area contributed by atoms with Crippen LogP contribution < -0.4 is 10.5 Å². The summed E-state index contributed by atoms with van der Waals surface area (Å²) >= 11 is 10.8. The third-order valence-electron chi connectivity index (χ3n) is 2.49. The maximum Gasteiger partial charge on any atom is 0.263 e. The molecule has 0 radical (unpaired) electrons. The van der Waals surface area contributed by atoms with Crippen molar-refractivity contribution in [2.75, 3.05) is 4.72 Å². The molecule has 0 atom stereocenters. The van der Waals surface area contributed by atoms with Gasteiger partial charge in [0.05, 0.1) is 16.9 Å². The van der Waals surface area contributed by atoms with Gasteiger partial charge in [-0.3, -0.25) is 9.71 Å². The number of halogens is 2. The van der Waals surface area contributed by atoms with Crippen LogP contribution in [0.2, 0.25) is 5.02 Å². The van der Waals surface area contributed by atoms with E-state index in [9.17, 15) is 12.8 Å². The summed E-state index contributed by atoms with van der Waals surface area (Å²) in [5.74, 6) is -0.757. The fourth-order valence-corrected chi connectivity index (χ4v) is 2.96. The molecule has 9 heteroatoms. The molecule has 0 aliphatic heterocycles. The number of thiocarbonyl (C=S) groups is 1. The molecule has 2 rings (SSSR count). The Bertz CT molecular complexity index is 812. The number of nitrogens with one attached hydrogen (secondary N) is 1. The summed E-state index contributed by atoms with van der Waals surface area (Å²) in [5.41, 5.74) is 6.08. The first-order chi connectivity index (χ1) is 9.79. The maximum absolute atomic E-state index is 13.0. The van der Waals surface area contributed by atoms with Crippen molar-refractivity contribution >= 4 is 44.5 Å². The minimum Gasteiger partial charge on any atom is -0.389 e. The van der Waals surface area contributed by atoms with E-state index in [0.717, 1.165) is 18.5 Å². The smallest absolute Gasteiger partial charge is 0.263 e. The van der Waals surface area contributed by atoms with Gasteiger partial charge in [0.25, 0.3) is 10.0 Å². The van der Waals surface area contributed by atoms with Crippen molar-refractivity contribution in [2.24, 2.45) is 5.73 Å². The van der Waals surface area contributed by atoms with Crippen LogP contribution in [0.3, 0.4) is 0 Å². The van der Waals surface area contributed by atoms with E-state index in [1.54, 1.807) is 0 Å². The number of anilines is 1. The molecule has 3 N–H and O–H groups in total. The van der Waals surface area contributed by atoms with Gasteiger partial charge in [0.15, 0.2) is 0 Å². The number of nitrogens with two attached hydrogens (primary N) is 1. The van der Waals surface area contributed by atoms with E-state index >= 15 is 0 Å². The Morgan fingerprint density at radius 2 is 2.05 bits per heavy atom. The lowest BCUT2D eigenvalue weighted by Gasteiger charge is -2.10. The Balaban J connectivity index is 2.35. The highest BCUT2D eigenvalue weighted by Crippen LogP contribution is 2.25. The predicted molar refractivity (Wildman–Crippen MR) is 82.3 cm³/mol. The minimum atomic E-state index is -3.99. The van der Waals surface area contributed by atoms with E-state index in [0.29, 0.717) is 5.56 Å². The Morgan fingerprint density at radius 1 is 1.33 bits per heavy atom. The summed E-state index contributed by atoms with van der Waals surface area (Å²) in [6.07, 6.45) is 1.94. The standard InChI is InChI=1S/C12H9ClFN3O2S2/c13-10-3-7(12(15)20)1-2-11(10)17-21(18,19)9-4-8(14)5-16-6-9/h1-6,17H,(H2,15,20). The Hall–Kier alpha value is -1.77. The number of pyridine rings is 1. The first-order valence-corrected chi connectivity index (χ1v) is 7.79. The van der Waals surface area contributed by atoms with Gasteiger partial charge in [-0.15, -0.1) is 0 Å². The fourth-order valence-electron chi connectivity index (χ4n) is 1.49. The van der Waals surface area contributed by atoms with Crippen LogP contribution in [0.1, 0.15) is 5.56 Å².